The minimum atomic E-state index is -4.14. The molecule has 0 saturated carbocycles. The van der Waals surface area contributed by atoms with Gasteiger partial charge in [0.1, 0.15) is 35.9 Å². The van der Waals surface area contributed by atoms with Gasteiger partial charge in [-0.3, -0.25) is 4.79 Å². The molecule has 0 radical (unpaired) electrons. The highest BCUT2D eigenvalue weighted by Crippen LogP contribution is 2.32. The summed E-state index contributed by atoms with van der Waals surface area (Å²) in [6.07, 6.45) is 4.46. The lowest BCUT2D eigenvalue weighted by molar-refractivity contribution is -0.144. The molecule has 0 aliphatic heterocycles. The van der Waals surface area contributed by atoms with Gasteiger partial charge in [-0.25, -0.2) is 13.4 Å². The van der Waals surface area contributed by atoms with Crippen molar-refractivity contribution in [3.8, 4) is 5.75 Å². The van der Waals surface area contributed by atoms with Crippen molar-refractivity contribution >= 4 is 21.9 Å². The maximum Gasteiger partial charge on any atom is 0.303 e. The van der Waals surface area contributed by atoms with Crippen LogP contribution in [0.5, 0.6) is 5.75 Å². The zero-order chi connectivity index (χ0) is 39.1. The van der Waals surface area contributed by atoms with Gasteiger partial charge in [-0.2, -0.15) is 0 Å². The predicted octanol–water partition coefficient (Wildman–Crippen LogP) is 7.55. The first-order valence-electron chi connectivity index (χ1n) is 17.5. The monoisotopic (exact) mass is 753 g/mol. The van der Waals surface area contributed by atoms with Gasteiger partial charge in [0.25, 0.3) is 0 Å². The quantitative estimate of drug-likeness (QED) is 0.0572. The summed E-state index contributed by atoms with van der Waals surface area (Å²) < 4.78 is 69.6. The van der Waals surface area contributed by atoms with Gasteiger partial charge in [0, 0.05) is 46.3 Å². The van der Waals surface area contributed by atoms with Gasteiger partial charge in [-0.1, -0.05) is 56.3 Å². The second-order valence-corrected chi connectivity index (χ2v) is 15.2. The zero-order valence-corrected chi connectivity index (χ0v) is 33.1. The lowest BCUT2D eigenvalue weighted by Crippen LogP contribution is -2.40. The first kappa shape index (κ1) is 43.3. The number of oxazole rings is 1. The second-order valence-electron chi connectivity index (χ2n) is 13.1. The number of hydrogen-bond donors (Lipinski definition) is 0. The molecule has 7 atom stereocenters. The van der Waals surface area contributed by atoms with Crippen molar-refractivity contribution in [3.05, 3.63) is 108 Å². The van der Waals surface area contributed by atoms with Crippen molar-refractivity contribution in [3.63, 3.8) is 0 Å². The van der Waals surface area contributed by atoms with Crippen molar-refractivity contribution in [2.75, 3.05) is 28.1 Å². The molecule has 1 aromatic heterocycles. The van der Waals surface area contributed by atoms with Gasteiger partial charge in [-0.05, 0) is 60.9 Å². The first-order valence-corrected chi connectivity index (χ1v) is 19.0. The van der Waals surface area contributed by atoms with Gasteiger partial charge >= 0.3 is 5.97 Å². The van der Waals surface area contributed by atoms with Crippen LogP contribution in [0.15, 0.2) is 100 Å². The smallest absolute Gasteiger partial charge is 0.303 e. The molecule has 2 aromatic carbocycles. The van der Waals surface area contributed by atoms with Gasteiger partial charge in [0.15, 0.2) is 15.7 Å². The van der Waals surface area contributed by atoms with Crippen LogP contribution in [-0.2, 0) is 44.9 Å². The van der Waals surface area contributed by atoms with E-state index in [1.165, 1.54) is 25.3 Å². The Bertz CT molecular complexity index is 1750. The van der Waals surface area contributed by atoms with E-state index in [0.29, 0.717) is 35.8 Å². The van der Waals surface area contributed by atoms with E-state index < -0.39 is 39.4 Å². The van der Waals surface area contributed by atoms with E-state index in [-0.39, 0.29) is 29.6 Å². The molecule has 0 N–H and O–H groups in total. The summed E-state index contributed by atoms with van der Waals surface area (Å²) in [5, 5.41) is -1.33. The number of aromatic nitrogens is 1. The van der Waals surface area contributed by atoms with Crippen LogP contribution in [0.4, 0.5) is 0 Å². The third-order valence-corrected chi connectivity index (χ3v) is 11.2. The Morgan fingerprint density at radius 1 is 0.925 bits per heavy atom. The number of hydrogen-bond acceptors (Lipinski definition) is 11. The molecule has 12 heteroatoms. The molecule has 0 aliphatic carbocycles. The molecule has 11 nitrogen and oxygen atoms in total. The topological polar surface area (TPSA) is 133 Å². The lowest BCUT2D eigenvalue weighted by Gasteiger charge is -2.35. The first-order chi connectivity index (χ1) is 25.2. The second kappa shape index (κ2) is 21.0. The number of methoxy groups -OCH3 is 3. The standard InChI is InChI=1S/C41H55NO10S/c1-11-27(2)37(51-26-46-8)23-38(50-24-33-17-19-35(47-9)20-18-33)30(5)40(48-10)29(4)22-39(53(44,45)36-15-13-12-14-16-36)41(52-32(7)43)28(3)21-34-25-49-31(6)42-34/h11-22,25,27,30,37-41H,1,23-24,26H2,2-10H3/b28-21+,29-22+/t27-,30-,37-,38-,39?,40-,41?/m0/s1. The number of benzene rings is 2. The minimum absolute atomic E-state index is 0.0322. The predicted molar refractivity (Wildman–Crippen MR) is 204 cm³/mol. The Hall–Kier alpha value is -4.07. The Balaban J connectivity index is 2.12. The van der Waals surface area contributed by atoms with Crippen LogP contribution in [-0.4, -0.2) is 77.2 Å². The summed E-state index contributed by atoms with van der Waals surface area (Å²) in [5.74, 6) is 0.188. The van der Waals surface area contributed by atoms with Crippen LogP contribution >= 0.6 is 0 Å². The van der Waals surface area contributed by atoms with Crippen LogP contribution in [0.2, 0.25) is 0 Å². The lowest BCUT2D eigenvalue weighted by atomic mass is 9.86. The van der Waals surface area contributed by atoms with E-state index in [2.05, 4.69) is 11.6 Å². The summed E-state index contributed by atoms with van der Waals surface area (Å²) in [7, 11) is 0.621. The van der Waals surface area contributed by atoms with Gasteiger partial charge in [-0.15, -0.1) is 6.58 Å². The molecular formula is C41H55NO10S. The van der Waals surface area contributed by atoms with Crippen LogP contribution in [0.1, 0.15) is 58.2 Å². The average Bonchev–Trinajstić information content (AvgIpc) is 3.56. The number of carbonyl (C=O) groups excluding carboxylic acids is 1. The molecule has 2 unspecified atom stereocenters. The summed E-state index contributed by atoms with van der Waals surface area (Å²) in [6, 6.07) is 15.7. The normalized spacial score (nSPS) is 16.5. The van der Waals surface area contributed by atoms with Gasteiger partial charge < -0.3 is 32.8 Å². The van der Waals surface area contributed by atoms with Gasteiger partial charge in [0.2, 0.25) is 0 Å². The zero-order valence-electron chi connectivity index (χ0n) is 32.3. The number of rotatable bonds is 22. The fourth-order valence-electron chi connectivity index (χ4n) is 6.16. The molecule has 0 bridgehead atoms. The van der Waals surface area contributed by atoms with Crippen LogP contribution < -0.4 is 4.74 Å². The van der Waals surface area contributed by atoms with E-state index in [1.54, 1.807) is 65.5 Å². The maximum absolute atomic E-state index is 14.5. The highest BCUT2D eigenvalue weighted by Gasteiger charge is 2.39. The highest BCUT2D eigenvalue weighted by atomic mass is 32.2. The number of nitrogens with zero attached hydrogens (tertiary/aromatic N) is 1. The minimum Gasteiger partial charge on any atom is -0.497 e. The number of esters is 1. The molecule has 0 amide bonds. The van der Waals surface area contributed by atoms with Crippen molar-refractivity contribution in [2.45, 2.75) is 89.1 Å². The fourth-order valence-corrected chi connectivity index (χ4v) is 8.00. The highest BCUT2D eigenvalue weighted by molar-refractivity contribution is 7.92. The van der Waals surface area contributed by atoms with E-state index in [1.807, 2.05) is 51.1 Å². The summed E-state index contributed by atoms with van der Waals surface area (Å²) >= 11 is 0. The summed E-state index contributed by atoms with van der Waals surface area (Å²) in [6.45, 7) is 14.8. The molecule has 0 fully saturated rings. The van der Waals surface area contributed by atoms with Crippen LogP contribution in [0.25, 0.3) is 6.08 Å². The molecule has 0 aliphatic rings. The summed E-state index contributed by atoms with van der Waals surface area (Å²) in [4.78, 5) is 17.0. The van der Waals surface area contributed by atoms with Gasteiger partial charge in [0.05, 0.1) is 36.9 Å². The Morgan fingerprint density at radius 3 is 2.15 bits per heavy atom. The fraction of sp³-hybridized carbons (Fsp3) is 0.463. The molecule has 290 valence electrons. The molecular weight excluding hydrogens is 699 g/mol. The van der Waals surface area contributed by atoms with E-state index in [9.17, 15) is 13.2 Å². The van der Waals surface area contributed by atoms with E-state index in [4.69, 9.17) is 32.8 Å². The van der Waals surface area contributed by atoms with E-state index in [0.717, 1.165) is 11.3 Å². The van der Waals surface area contributed by atoms with Crippen LogP contribution in [0, 0.1) is 18.8 Å². The Labute approximate surface area is 314 Å². The number of sulfone groups is 1. The third kappa shape index (κ3) is 12.5. The third-order valence-electron chi connectivity index (χ3n) is 9.12. The Kier molecular flexibility index (Phi) is 17.2. The van der Waals surface area contributed by atoms with Crippen LogP contribution in [0.3, 0.4) is 0 Å². The largest absolute Gasteiger partial charge is 0.497 e. The Morgan fingerprint density at radius 2 is 1.60 bits per heavy atom. The number of aryl methyl sites for hydroxylation is 1. The molecule has 1 heterocycles. The molecule has 3 aromatic rings. The maximum atomic E-state index is 14.5. The number of carbonyl (C=O) groups is 1. The molecule has 0 saturated heterocycles. The van der Waals surface area contributed by atoms with E-state index >= 15 is 0 Å². The van der Waals surface area contributed by atoms with Crippen molar-refractivity contribution in [1.82, 2.24) is 4.98 Å². The number of ether oxygens (including phenoxy) is 6. The molecule has 3 rings (SSSR count). The SMILES string of the molecule is C=C[C@H](C)[C@H](C[C@H](OCc1ccc(OC)cc1)[C@H](C)[C@@H](OC)/C(C)=C/C(C(OC(C)=O)/C(C)=C/c1coc(C)n1)S(=O)(=O)c1ccccc1)OCOC. The average molecular weight is 754 g/mol. The van der Waals surface area contributed by atoms with Crippen molar-refractivity contribution in [2.24, 2.45) is 11.8 Å². The molecule has 0 spiro atoms. The van der Waals surface area contributed by atoms with Crippen molar-refractivity contribution in [1.29, 1.82) is 0 Å². The summed E-state index contributed by atoms with van der Waals surface area (Å²) in [5.41, 5.74) is 2.48. The van der Waals surface area contributed by atoms with Crippen molar-refractivity contribution < 1.29 is 46.1 Å². The molecule has 53 heavy (non-hydrogen) atoms.